The zero-order valence-corrected chi connectivity index (χ0v) is 33.8. The van der Waals surface area contributed by atoms with E-state index in [-0.39, 0.29) is 5.92 Å². The molecule has 0 radical (unpaired) electrons. The molecule has 0 spiro atoms. The number of fused-ring (bicyclic) bond motifs is 9. The fraction of sp³-hybridized carbons (Fsp3) is 0.103. The second kappa shape index (κ2) is 14.3. The average molecular weight is 780 g/mol. The molecule has 1 unspecified atom stereocenters. The van der Waals surface area contributed by atoms with Crippen LogP contribution in [0.3, 0.4) is 0 Å². The number of nitrogens with zero attached hydrogens (tertiary/aromatic N) is 3. The van der Waals surface area contributed by atoms with Crippen molar-refractivity contribution in [2.45, 2.75) is 38.0 Å². The van der Waals surface area contributed by atoms with Gasteiger partial charge in [0.1, 0.15) is 0 Å². The summed E-state index contributed by atoms with van der Waals surface area (Å²) in [5, 5.41) is 14.8. The molecule has 0 saturated heterocycles. The zero-order valence-electron chi connectivity index (χ0n) is 33.8. The number of pyridine rings is 1. The predicted molar refractivity (Wildman–Crippen MR) is 253 cm³/mol. The molecular weight excluding hydrogens is 739 g/mol. The standard InChI is InChI=1S/C58H41N3/c59-36-37-19-29-56-54(32-37)55-33-43(28-30-57(55)61(56)44-12-2-1-3-13-44)38-20-22-40(23-21-38)50-34-52-49-17-7-5-15-47(49)51(35-53(52)48-16-6-4-14-46(48)50)41-26-24-39(25-27-41)45-18-8-10-42-11-9-31-60-58(42)45/h2,4-18,20-28,30-34,51H,1,3,19,29,35H2. The average Bonchev–Trinajstić information content (AvgIpc) is 3.66. The quantitative estimate of drug-likeness (QED) is 0.175. The normalized spacial score (nSPS) is 15.5. The topological polar surface area (TPSA) is 41.6 Å². The number of rotatable bonds is 5. The highest BCUT2D eigenvalue weighted by molar-refractivity contribution is 6.04. The third-order valence-corrected chi connectivity index (χ3v) is 13.4. The Morgan fingerprint density at radius 3 is 2.21 bits per heavy atom. The summed E-state index contributed by atoms with van der Waals surface area (Å²) >= 11 is 0. The minimum Gasteiger partial charge on any atom is -0.313 e. The highest BCUT2D eigenvalue weighted by Crippen LogP contribution is 2.48. The van der Waals surface area contributed by atoms with Crippen LogP contribution in [0.15, 0.2) is 182 Å². The van der Waals surface area contributed by atoms with E-state index < -0.39 is 0 Å². The van der Waals surface area contributed by atoms with E-state index in [1.807, 2.05) is 12.3 Å². The van der Waals surface area contributed by atoms with Crippen LogP contribution in [0.1, 0.15) is 53.1 Å². The molecule has 3 aliphatic carbocycles. The summed E-state index contributed by atoms with van der Waals surface area (Å²) in [7, 11) is 0. The number of benzene rings is 7. The Hall–Kier alpha value is -7.54. The minimum absolute atomic E-state index is 0.245. The van der Waals surface area contributed by atoms with E-state index in [0.717, 1.165) is 48.6 Å². The van der Waals surface area contributed by atoms with Crippen LogP contribution in [-0.4, -0.2) is 9.55 Å². The van der Waals surface area contributed by atoms with E-state index >= 15 is 0 Å². The van der Waals surface area contributed by atoms with Gasteiger partial charge in [-0.05, 0) is 135 Å². The van der Waals surface area contributed by atoms with E-state index in [4.69, 9.17) is 4.98 Å². The van der Waals surface area contributed by atoms with E-state index in [9.17, 15) is 5.26 Å². The molecule has 3 heteroatoms. The summed E-state index contributed by atoms with van der Waals surface area (Å²) in [6, 6.07) is 58.7. The zero-order chi connectivity index (χ0) is 40.4. The Morgan fingerprint density at radius 1 is 0.607 bits per heavy atom. The summed E-state index contributed by atoms with van der Waals surface area (Å²) in [6.45, 7) is 0. The Balaban J connectivity index is 0.914. The Morgan fingerprint density at radius 2 is 1.36 bits per heavy atom. The van der Waals surface area contributed by atoms with Gasteiger partial charge in [-0.15, -0.1) is 0 Å². The lowest BCUT2D eigenvalue weighted by molar-refractivity contribution is 0.799. The van der Waals surface area contributed by atoms with Crippen molar-refractivity contribution >= 4 is 44.4 Å². The monoisotopic (exact) mass is 779 g/mol. The summed E-state index contributed by atoms with van der Waals surface area (Å²) in [6.07, 6.45) is 15.6. The Bertz CT molecular complexity index is 3380. The highest BCUT2D eigenvalue weighted by Gasteiger charge is 2.29. The summed E-state index contributed by atoms with van der Waals surface area (Å²) in [5.74, 6) is 0.245. The molecule has 0 amide bonds. The number of hydrogen-bond acceptors (Lipinski definition) is 2. The van der Waals surface area contributed by atoms with Gasteiger partial charge in [-0.2, -0.15) is 5.26 Å². The molecule has 2 heterocycles. The lowest BCUT2D eigenvalue weighted by Gasteiger charge is -2.30. The highest BCUT2D eigenvalue weighted by atomic mass is 15.0. The van der Waals surface area contributed by atoms with Crippen molar-refractivity contribution in [2.75, 3.05) is 0 Å². The molecule has 7 aromatic carbocycles. The van der Waals surface area contributed by atoms with Crippen molar-refractivity contribution in [1.82, 2.24) is 9.55 Å². The van der Waals surface area contributed by atoms with Crippen LogP contribution in [0, 0.1) is 11.3 Å². The molecule has 61 heavy (non-hydrogen) atoms. The van der Waals surface area contributed by atoms with Gasteiger partial charge in [0.15, 0.2) is 0 Å². The van der Waals surface area contributed by atoms with Gasteiger partial charge in [-0.1, -0.05) is 140 Å². The van der Waals surface area contributed by atoms with Crippen LogP contribution < -0.4 is 0 Å². The molecule has 0 aliphatic heterocycles. The molecule has 3 aliphatic rings. The van der Waals surface area contributed by atoms with Gasteiger partial charge in [0.2, 0.25) is 0 Å². The molecule has 3 nitrogen and oxygen atoms in total. The Kier molecular flexibility index (Phi) is 8.32. The third kappa shape index (κ3) is 5.82. The van der Waals surface area contributed by atoms with Crippen molar-refractivity contribution in [2.24, 2.45) is 0 Å². The molecule has 0 bridgehead atoms. The molecule has 288 valence electrons. The van der Waals surface area contributed by atoms with Crippen molar-refractivity contribution in [3.05, 3.63) is 210 Å². The molecular formula is C58H41N3. The number of allylic oxidation sites excluding steroid dienone is 5. The van der Waals surface area contributed by atoms with E-state index in [2.05, 4.69) is 181 Å². The van der Waals surface area contributed by atoms with Gasteiger partial charge in [-0.3, -0.25) is 4.98 Å². The van der Waals surface area contributed by atoms with Gasteiger partial charge in [0, 0.05) is 51.0 Å². The van der Waals surface area contributed by atoms with Gasteiger partial charge >= 0.3 is 0 Å². The first kappa shape index (κ1) is 35.4. The molecule has 9 aromatic rings. The third-order valence-electron chi connectivity index (χ3n) is 13.4. The lowest BCUT2D eigenvalue weighted by atomic mass is 9.73. The number of aromatic nitrogens is 2. The first-order valence-corrected chi connectivity index (χ1v) is 21.5. The molecule has 12 rings (SSSR count). The molecule has 2 aromatic heterocycles. The van der Waals surface area contributed by atoms with E-state index in [0.29, 0.717) is 0 Å². The van der Waals surface area contributed by atoms with Crippen LogP contribution in [0.2, 0.25) is 0 Å². The maximum Gasteiger partial charge on any atom is 0.0947 e. The van der Waals surface area contributed by atoms with Crippen LogP contribution in [0.5, 0.6) is 0 Å². The van der Waals surface area contributed by atoms with Crippen molar-refractivity contribution in [3.8, 4) is 50.6 Å². The molecule has 0 N–H and O–H groups in total. The first-order valence-electron chi connectivity index (χ1n) is 21.5. The SMILES string of the molecule is N#CC1=Cc2c(n(C3=CCCC=C3)c3ccc(-c4ccc(-c5cc6c(c7ccccc57)CC(c5ccc(-c7cccc8cccnc78)cc5)c5ccccc5-6)cc4)cc23)CC1. The minimum atomic E-state index is 0.245. The van der Waals surface area contributed by atoms with Crippen LogP contribution in [0.25, 0.3) is 88.9 Å². The first-order chi connectivity index (χ1) is 30.2. The maximum atomic E-state index is 9.85. The summed E-state index contributed by atoms with van der Waals surface area (Å²) in [4.78, 5) is 4.73. The molecule has 1 atom stereocenters. The van der Waals surface area contributed by atoms with Crippen molar-refractivity contribution < 1.29 is 0 Å². The van der Waals surface area contributed by atoms with Crippen LogP contribution in [-0.2, 0) is 12.8 Å². The fourth-order valence-corrected chi connectivity index (χ4v) is 10.5. The van der Waals surface area contributed by atoms with Crippen LogP contribution >= 0.6 is 0 Å². The van der Waals surface area contributed by atoms with Crippen molar-refractivity contribution in [1.29, 1.82) is 5.26 Å². The maximum absolute atomic E-state index is 9.85. The lowest BCUT2D eigenvalue weighted by Crippen LogP contribution is -2.13. The largest absolute Gasteiger partial charge is 0.313 e. The number of hydrogen-bond donors (Lipinski definition) is 0. The molecule has 0 saturated carbocycles. The second-order valence-electron chi connectivity index (χ2n) is 16.7. The number of para-hydroxylation sites is 1. The van der Waals surface area contributed by atoms with E-state index in [1.165, 1.54) is 99.8 Å². The van der Waals surface area contributed by atoms with Crippen molar-refractivity contribution in [3.63, 3.8) is 0 Å². The fourth-order valence-electron chi connectivity index (χ4n) is 10.5. The van der Waals surface area contributed by atoms with Gasteiger partial charge < -0.3 is 4.57 Å². The van der Waals surface area contributed by atoms with E-state index in [1.54, 1.807) is 0 Å². The Labute approximate surface area is 355 Å². The van der Waals surface area contributed by atoms with Gasteiger partial charge in [0.25, 0.3) is 0 Å². The summed E-state index contributed by atoms with van der Waals surface area (Å²) in [5.41, 5.74) is 20.8. The smallest absolute Gasteiger partial charge is 0.0947 e. The van der Waals surface area contributed by atoms with Gasteiger partial charge in [-0.25, -0.2) is 0 Å². The van der Waals surface area contributed by atoms with Gasteiger partial charge in [0.05, 0.1) is 17.1 Å². The molecule has 0 fully saturated rings. The summed E-state index contributed by atoms with van der Waals surface area (Å²) < 4.78 is 2.43. The predicted octanol–water partition coefficient (Wildman–Crippen LogP) is 14.7. The number of nitriles is 1. The second-order valence-corrected chi connectivity index (χ2v) is 16.7. The van der Waals surface area contributed by atoms with Crippen LogP contribution in [0.4, 0.5) is 0 Å².